The lowest BCUT2D eigenvalue weighted by Gasteiger charge is -2.28. The maximum Gasteiger partial charge on any atom is 0.417 e. The van der Waals surface area contributed by atoms with Crippen molar-refractivity contribution in [3.8, 4) is 11.3 Å². The molecule has 2 amide bonds. The Bertz CT molecular complexity index is 1440. The Morgan fingerprint density at radius 3 is 2.29 bits per heavy atom. The first-order chi connectivity index (χ1) is 19.2. The Morgan fingerprint density at radius 2 is 1.61 bits per heavy atom. The van der Waals surface area contributed by atoms with E-state index in [1.165, 1.54) is 0 Å². The predicted molar refractivity (Wildman–Crippen MR) is 160 cm³/mol. The number of amides is 2. The molecule has 11 heteroatoms. The number of rotatable bonds is 8. The van der Waals surface area contributed by atoms with E-state index in [4.69, 9.17) is 14.9 Å². The first kappa shape index (κ1) is 31.1. The number of unbranched alkanes of at least 4 members (excludes halogenated alkanes) is 2. The molecule has 0 fully saturated rings. The van der Waals surface area contributed by atoms with Gasteiger partial charge in [-0.3, -0.25) is 15.5 Å². The molecular formula is C30H40N6O5. The summed E-state index contributed by atoms with van der Waals surface area (Å²) >= 11 is 0. The van der Waals surface area contributed by atoms with Crippen LogP contribution in [0.2, 0.25) is 0 Å². The van der Waals surface area contributed by atoms with E-state index in [1.54, 1.807) is 47.6 Å². The predicted octanol–water partition coefficient (Wildman–Crippen LogP) is 5.87. The standard InChI is InChI=1S/C30H40N6O5/c1-29(2,3)40-27(38)33-26(31)36(28(39)41-30(4,5)6)18-11-7-10-17-32-21-14-12-13-20(19-21)24-22-15-8-9-16-23(22)25(37)35-34-24/h8-9,12-16,19,32H,7,10-11,17-18H2,1-6H3,(H,35,37)(H2,31,33,38). The van der Waals surface area contributed by atoms with Crippen LogP contribution in [0.15, 0.2) is 53.3 Å². The summed E-state index contributed by atoms with van der Waals surface area (Å²) in [6, 6.07) is 15.2. The Morgan fingerprint density at radius 1 is 0.927 bits per heavy atom. The van der Waals surface area contributed by atoms with E-state index in [2.05, 4.69) is 20.8 Å². The summed E-state index contributed by atoms with van der Waals surface area (Å²) in [5.74, 6) is -0.396. The van der Waals surface area contributed by atoms with E-state index in [1.807, 2.05) is 42.5 Å². The molecule has 41 heavy (non-hydrogen) atoms. The third-order valence-corrected chi connectivity index (χ3v) is 5.72. The van der Waals surface area contributed by atoms with E-state index in [-0.39, 0.29) is 12.1 Å². The molecule has 220 valence electrons. The van der Waals surface area contributed by atoms with E-state index >= 15 is 0 Å². The van der Waals surface area contributed by atoms with Gasteiger partial charge in [0.1, 0.15) is 11.2 Å². The van der Waals surface area contributed by atoms with Crippen molar-refractivity contribution in [2.75, 3.05) is 18.4 Å². The number of ether oxygens (including phenoxy) is 2. The number of H-pyrrole nitrogens is 1. The van der Waals surface area contributed by atoms with Crippen LogP contribution in [0, 0.1) is 5.41 Å². The average Bonchev–Trinajstić information content (AvgIpc) is 2.86. The highest BCUT2D eigenvalue weighted by Crippen LogP contribution is 2.26. The minimum absolute atomic E-state index is 0.198. The molecule has 11 nitrogen and oxygen atoms in total. The van der Waals surface area contributed by atoms with Gasteiger partial charge in [-0.05, 0) is 79.0 Å². The number of benzene rings is 2. The molecule has 1 heterocycles. The molecule has 0 unspecified atom stereocenters. The van der Waals surface area contributed by atoms with E-state index in [0.717, 1.165) is 34.4 Å². The number of hydrogen-bond acceptors (Lipinski definition) is 8. The Labute approximate surface area is 240 Å². The van der Waals surface area contributed by atoms with Crippen molar-refractivity contribution < 1.29 is 19.1 Å². The topological polar surface area (TPSA) is 149 Å². The molecule has 0 aliphatic heterocycles. The first-order valence-electron chi connectivity index (χ1n) is 13.6. The lowest BCUT2D eigenvalue weighted by atomic mass is 10.0. The van der Waals surface area contributed by atoms with Gasteiger partial charge in [0.15, 0.2) is 0 Å². The third kappa shape index (κ3) is 9.63. The number of hydrogen-bond donors (Lipinski definition) is 4. The highest BCUT2D eigenvalue weighted by Gasteiger charge is 2.27. The zero-order valence-electron chi connectivity index (χ0n) is 24.6. The number of nitrogens with one attached hydrogen (secondary N) is 4. The molecule has 2 aromatic carbocycles. The number of anilines is 1. The van der Waals surface area contributed by atoms with E-state index < -0.39 is 29.3 Å². The van der Waals surface area contributed by atoms with Crippen LogP contribution in [0.5, 0.6) is 0 Å². The van der Waals surface area contributed by atoms with Gasteiger partial charge in [0.2, 0.25) is 5.96 Å². The number of carbonyl (C=O) groups is 2. The molecule has 0 aliphatic carbocycles. The molecule has 0 saturated carbocycles. The number of aromatic amines is 1. The largest absolute Gasteiger partial charge is 0.444 e. The summed E-state index contributed by atoms with van der Waals surface area (Å²) in [6.45, 7) is 11.3. The Hall–Kier alpha value is -4.41. The van der Waals surface area contributed by atoms with Crippen molar-refractivity contribution in [2.45, 2.75) is 72.0 Å². The summed E-state index contributed by atoms with van der Waals surface area (Å²) in [5, 5.41) is 22.2. The van der Waals surface area contributed by atoms with Gasteiger partial charge in [-0.2, -0.15) is 5.10 Å². The molecular weight excluding hydrogens is 524 g/mol. The fourth-order valence-electron chi connectivity index (χ4n) is 3.99. The second-order valence-corrected chi connectivity index (χ2v) is 11.6. The molecule has 0 atom stereocenters. The van der Waals surface area contributed by atoms with Crippen LogP contribution >= 0.6 is 0 Å². The summed E-state index contributed by atoms with van der Waals surface area (Å²) in [7, 11) is 0. The monoisotopic (exact) mass is 564 g/mol. The molecule has 0 radical (unpaired) electrons. The van der Waals surface area contributed by atoms with Gasteiger partial charge in [-0.25, -0.2) is 19.6 Å². The molecule has 0 saturated heterocycles. The van der Waals surface area contributed by atoms with E-state index in [0.29, 0.717) is 24.0 Å². The van der Waals surface area contributed by atoms with Gasteiger partial charge in [0.25, 0.3) is 5.56 Å². The van der Waals surface area contributed by atoms with E-state index in [9.17, 15) is 14.4 Å². The van der Waals surface area contributed by atoms with Crippen LogP contribution in [0.3, 0.4) is 0 Å². The Kier molecular flexibility index (Phi) is 10.1. The molecule has 3 aromatic rings. The lowest BCUT2D eigenvalue weighted by Crippen LogP contribution is -2.49. The van der Waals surface area contributed by atoms with Crippen molar-refractivity contribution in [3.63, 3.8) is 0 Å². The first-order valence-corrected chi connectivity index (χ1v) is 13.6. The number of alkyl carbamates (subject to hydrolysis) is 1. The Balaban J connectivity index is 1.55. The van der Waals surface area contributed by atoms with Crippen LogP contribution in [0.4, 0.5) is 15.3 Å². The fourth-order valence-corrected chi connectivity index (χ4v) is 3.99. The highest BCUT2D eigenvalue weighted by atomic mass is 16.6. The molecule has 1 aromatic heterocycles. The molecule has 3 rings (SSSR count). The quantitative estimate of drug-likeness (QED) is 0.152. The number of fused-ring (bicyclic) bond motifs is 1. The molecule has 0 spiro atoms. The van der Waals surface area contributed by atoms with Crippen molar-refractivity contribution in [1.29, 1.82) is 5.41 Å². The second-order valence-electron chi connectivity index (χ2n) is 11.6. The number of carbonyl (C=O) groups excluding carboxylic acids is 2. The smallest absolute Gasteiger partial charge is 0.417 e. The molecule has 0 bridgehead atoms. The summed E-state index contributed by atoms with van der Waals surface area (Å²) < 4.78 is 10.6. The van der Waals surface area contributed by atoms with Crippen LogP contribution in [0.25, 0.3) is 22.0 Å². The average molecular weight is 565 g/mol. The summed E-state index contributed by atoms with van der Waals surface area (Å²) in [5.41, 5.74) is 0.785. The lowest BCUT2D eigenvalue weighted by molar-refractivity contribution is 0.0355. The number of guanidine groups is 1. The van der Waals surface area contributed by atoms with Crippen LogP contribution < -0.4 is 16.2 Å². The van der Waals surface area contributed by atoms with Gasteiger partial charge in [0, 0.05) is 29.7 Å². The van der Waals surface area contributed by atoms with Crippen molar-refractivity contribution in [1.82, 2.24) is 20.4 Å². The molecule has 4 N–H and O–H groups in total. The van der Waals surface area contributed by atoms with Crippen LogP contribution in [-0.4, -0.2) is 57.5 Å². The third-order valence-electron chi connectivity index (χ3n) is 5.72. The molecule has 0 aliphatic rings. The van der Waals surface area contributed by atoms with Crippen LogP contribution in [0.1, 0.15) is 60.8 Å². The maximum atomic E-state index is 12.8. The summed E-state index contributed by atoms with van der Waals surface area (Å²) in [6.07, 6.45) is 0.633. The zero-order valence-corrected chi connectivity index (χ0v) is 24.6. The van der Waals surface area contributed by atoms with Crippen LogP contribution in [-0.2, 0) is 9.47 Å². The minimum atomic E-state index is -0.812. The highest BCUT2D eigenvalue weighted by molar-refractivity contribution is 5.99. The van der Waals surface area contributed by atoms with Crippen molar-refractivity contribution >= 4 is 34.6 Å². The maximum absolute atomic E-state index is 12.8. The second kappa shape index (κ2) is 13.3. The van der Waals surface area contributed by atoms with Gasteiger partial charge < -0.3 is 14.8 Å². The van der Waals surface area contributed by atoms with Gasteiger partial charge >= 0.3 is 12.2 Å². The minimum Gasteiger partial charge on any atom is -0.444 e. The fraction of sp³-hybridized carbons (Fsp3) is 0.433. The number of nitrogens with zero attached hydrogens (tertiary/aromatic N) is 2. The van der Waals surface area contributed by atoms with Gasteiger partial charge in [-0.15, -0.1) is 0 Å². The van der Waals surface area contributed by atoms with Crippen molar-refractivity contribution in [2.24, 2.45) is 0 Å². The van der Waals surface area contributed by atoms with Crippen molar-refractivity contribution in [3.05, 3.63) is 58.9 Å². The number of aromatic nitrogens is 2. The zero-order chi connectivity index (χ0) is 30.2. The van der Waals surface area contributed by atoms with Gasteiger partial charge in [0.05, 0.1) is 11.1 Å². The SMILES string of the molecule is CC(C)(C)OC(=O)NC(=N)N(CCCCCNc1cccc(-c2n[nH]c(=O)c3ccccc23)c1)C(=O)OC(C)(C)C. The van der Waals surface area contributed by atoms with Gasteiger partial charge in [-0.1, -0.05) is 30.3 Å². The normalized spacial score (nSPS) is 11.6. The summed E-state index contributed by atoms with van der Waals surface area (Å²) in [4.78, 5) is 38.1.